The van der Waals surface area contributed by atoms with Crippen LogP contribution >= 0.6 is 15.9 Å². The molecular formula is C12H11BrF3NO. The van der Waals surface area contributed by atoms with Gasteiger partial charge in [0.15, 0.2) is 0 Å². The van der Waals surface area contributed by atoms with Gasteiger partial charge in [-0.2, -0.15) is 13.2 Å². The van der Waals surface area contributed by atoms with Crippen molar-refractivity contribution < 1.29 is 18.0 Å². The Morgan fingerprint density at radius 2 is 2.06 bits per heavy atom. The molecule has 2 rings (SSSR count). The minimum atomic E-state index is -4.44. The van der Waals surface area contributed by atoms with Crippen LogP contribution in [-0.4, -0.2) is 5.91 Å². The van der Waals surface area contributed by atoms with Crippen molar-refractivity contribution in [2.75, 3.05) is 5.32 Å². The smallest absolute Gasteiger partial charge is 0.326 e. The maximum absolute atomic E-state index is 12.7. The number of alkyl halides is 3. The van der Waals surface area contributed by atoms with Crippen LogP contribution in [0, 0.1) is 11.8 Å². The molecule has 1 aromatic carbocycles. The maximum Gasteiger partial charge on any atom is 0.417 e. The zero-order valence-electron chi connectivity index (χ0n) is 9.51. The van der Waals surface area contributed by atoms with Crippen molar-refractivity contribution in [3.05, 3.63) is 28.2 Å². The summed E-state index contributed by atoms with van der Waals surface area (Å²) in [5, 5.41) is 2.51. The molecule has 0 spiro atoms. The Morgan fingerprint density at radius 1 is 1.44 bits per heavy atom. The van der Waals surface area contributed by atoms with Crippen LogP contribution < -0.4 is 5.32 Å². The van der Waals surface area contributed by atoms with Crippen molar-refractivity contribution in [2.45, 2.75) is 19.5 Å². The number of benzene rings is 1. The normalized spacial score (nSPS) is 22.7. The highest BCUT2D eigenvalue weighted by molar-refractivity contribution is 9.10. The highest BCUT2D eigenvalue weighted by Crippen LogP contribution is 2.39. The van der Waals surface area contributed by atoms with Gasteiger partial charge in [0.1, 0.15) is 0 Å². The summed E-state index contributed by atoms with van der Waals surface area (Å²) in [6.45, 7) is 1.94. The molecule has 0 unspecified atom stereocenters. The van der Waals surface area contributed by atoms with Gasteiger partial charge in [-0.15, -0.1) is 0 Å². The van der Waals surface area contributed by atoms with E-state index < -0.39 is 11.7 Å². The summed E-state index contributed by atoms with van der Waals surface area (Å²) in [6.07, 6.45) is -3.64. The molecule has 0 saturated heterocycles. The molecule has 1 saturated carbocycles. The van der Waals surface area contributed by atoms with Gasteiger partial charge in [-0.3, -0.25) is 4.79 Å². The first-order valence-corrected chi connectivity index (χ1v) is 6.26. The van der Waals surface area contributed by atoms with E-state index in [1.54, 1.807) is 0 Å². The van der Waals surface area contributed by atoms with Gasteiger partial charge >= 0.3 is 6.18 Å². The summed E-state index contributed by atoms with van der Waals surface area (Å²) in [6, 6.07) is 3.67. The Kier molecular flexibility index (Phi) is 3.40. The fourth-order valence-electron chi connectivity index (χ4n) is 1.74. The summed E-state index contributed by atoms with van der Waals surface area (Å²) in [4.78, 5) is 11.6. The average molecular weight is 322 g/mol. The van der Waals surface area contributed by atoms with Gasteiger partial charge in [-0.05, 0) is 30.5 Å². The number of anilines is 1. The summed E-state index contributed by atoms with van der Waals surface area (Å²) in [5.41, 5.74) is -0.612. The maximum atomic E-state index is 12.7. The van der Waals surface area contributed by atoms with E-state index >= 15 is 0 Å². The first-order valence-electron chi connectivity index (χ1n) is 5.46. The second-order valence-corrected chi connectivity index (χ2v) is 5.36. The van der Waals surface area contributed by atoms with Crippen LogP contribution in [0.25, 0.3) is 0 Å². The fourth-order valence-corrected chi connectivity index (χ4v) is 2.21. The van der Waals surface area contributed by atoms with Gasteiger partial charge in [-0.1, -0.05) is 22.9 Å². The topological polar surface area (TPSA) is 29.1 Å². The lowest BCUT2D eigenvalue weighted by molar-refractivity contribution is -0.138. The third-order valence-electron chi connectivity index (χ3n) is 2.99. The number of carbonyl (C=O) groups is 1. The fraction of sp³-hybridized carbons (Fsp3) is 0.417. The van der Waals surface area contributed by atoms with Gasteiger partial charge in [0.05, 0.1) is 5.56 Å². The number of nitrogens with one attached hydrogen (secondary N) is 1. The molecule has 0 aromatic heterocycles. The van der Waals surface area contributed by atoms with Crippen LogP contribution in [0.3, 0.4) is 0 Å². The molecule has 18 heavy (non-hydrogen) atoms. The molecule has 0 bridgehead atoms. The van der Waals surface area contributed by atoms with Gasteiger partial charge in [-0.25, -0.2) is 0 Å². The number of rotatable bonds is 2. The lowest BCUT2D eigenvalue weighted by Crippen LogP contribution is -2.15. The lowest BCUT2D eigenvalue weighted by Gasteiger charge is -2.11. The van der Waals surface area contributed by atoms with Crippen LogP contribution in [0.2, 0.25) is 0 Å². The van der Waals surface area contributed by atoms with E-state index in [9.17, 15) is 18.0 Å². The van der Waals surface area contributed by atoms with E-state index in [0.717, 1.165) is 12.5 Å². The largest absolute Gasteiger partial charge is 0.417 e. The van der Waals surface area contributed by atoms with Crippen LogP contribution in [-0.2, 0) is 11.0 Å². The molecule has 1 fully saturated rings. The molecule has 0 radical (unpaired) electrons. The summed E-state index contributed by atoms with van der Waals surface area (Å²) < 4.78 is 37.9. The molecule has 6 heteroatoms. The Morgan fingerprint density at radius 3 is 2.56 bits per heavy atom. The van der Waals surface area contributed by atoms with Crippen LogP contribution in [0.15, 0.2) is 22.7 Å². The third kappa shape index (κ3) is 2.85. The lowest BCUT2D eigenvalue weighted by atomic mass is 10.2. The predicted octanol–water partition coefficient (Wildman–Crippen LogP) is 4.06. The van der Waals surface area contributed by atoms with E-state index in [-0.39, 0.29) is 22.0 Å². The Bertz CT molecular complexity index is 487. The second kappa shape index (κ2) is 4.57. The Hall–Kier alpha value is -1.04. The summed E-state index contributed by atoms with van der Waals surface area (Å²) in [5.74, 6) is 0.0449. The van der Waals surface area contributed by atoms with E-state index in [1.165, 1.54) is 12.1 Å². The van der Waals surface area contributed by atoms with E-state index in [4.69, 9.17) is 0 Å². The minimum Gasteiger partial charge on any atom is -0.326 e. The number of carbonyl (C=O) groups excluding carboxylic acids is 1. The van der Waals surface area contributed by atoms with Crippen LogP contribution in [0.1, 0.15) is 18.9 Å². The Balaban J connectivity index is 2.17. The molecule has 2 nitrogen and oxygen atoms in total. The number of hydrogen-bond acceptors (Lipinski definition) is 1. The Labute approximate surface area is 111 Å². The molecule has 1 N–H and O–H groups in total. The molecule has 1 aromatic rings. The van der Waals surface area contributed by atoms with Gasteiger partial charge in [0, 0.05) is 16.1 Å². The van der Waals surface area contributed by atoms with Crippen molar-refractivity contribution in [3.63, 3.8) is 0 Å². The molecule has 1 aliphatic rings. The van der Waals surface area contributed by atoms with Gasteiger partial charge in [0.2, 0.25) is 5.91 Å². The molecule has 0 aliphatic heterocycles. The zero-order valence-corrected chi connectivity index (χ0v) is 11.1. The number of halogens is 4. The standard InChI is InChI=1S/C12H11BrF3NO/c1-6-4-8(6)11(18)17-7-2-3-10(13)9(5-7)12(14,15)16/h2-3,5-6,8H,4H2,1H3,(H,17,18)/t6-,8+/m1/s1. The van der Waals surface area contributed by atoms with E-state index in [2.05, 4.69) is 21.2 Å². The summed E-state index contributed by atoms with van der Waals surface area (Å²) >= 11 is 2.85. The van der Waals surface area contributed by atoms with Crippen LogP contribution in [0.4, 0.5) is 18.9 Å². The number of hydrogen-bond donors (Lipinski definition) is 1. The SMILES string of the molecule is C[C@@H]1C[C@@H]1C(=O)Nc1ccc(Br)c(C(F)(F)F)c1. The second-order valence-electron chi connectivity index (χ2n) is 4.50. The quantitative estimate of drug-likeness (QED) is 0.874. The first kappa shape index (κ1) is 13.4. The number of amides is 1. The first-order chi connectivity index (χ1) is 8.29. The molecule has 0 heterocycles. The predicted molar refractivity (Wildman–Crippen MR) is 65.0 cm³/mol. The highest BCUT2D eigenvalue weighted by atomic mass is 79.9. The molecular weight excluding hydrogens is 311 g/mol. The molecule has 1 aliphatic carbocycles. The van der Waals surface area contributed by atoms with Gasteiger partial charge < -0.3 is 5.32 Å². The zero-order chi connectivity index (χ0) is 13.5. The van der Waals surface area contributed by atoms with Crippen molar-refractivity contribution in [1.82, 2.24) is 0 Å². The monoisotopic (exact) mass is 321 g/mol. The van der Waals surface area contributed by atoms with Crippen molar-refractivity contribution in [2.24, 2.45) is 11.8 Å². The van der Waals surface area contributed by atoms with E-state index in [0.29, 0.717) is 5.92 Å². The van der Waals surface area contributed by atoms with E-state index in [1.807, 2.05) is 6.92 Å². The van der Waals surface area contributed by atoms with Gasteiger partial charge in [0.25, 0.3) is 0 Å². The summed E-state index contributed by atoms with van der Waals surface area (Å²) in [7, 11) is 0. The molecule has 2 atom stereocenters. The molecule has 98 valence electrons. The third-order valence-corrected chi connectivity index (χ3v) is 3.68. The minimum absolute atomic E-state index is 0.0345. The highest BCUT2D eigenvalue weighted by Gasteiger charge is 2.39. The van der Waals surface area contributed by atoms with Crippen molar-refractivity contribution in [3.8, 4) is 0 Å². The van der Waals surface area contributed by atoms with Crippen molar-refractivity contribution in [1.29, 1.82) is 0 Å². The van der Waals surface area contributed by atoms with Crippen molar-refractivity contribution >= 4 is 27.5 Å². The molecule has 1 amide bonds. The van der Waals surface area contributed by atoms with Crippen LogP contribution in [0.5, 0.6) is 0 Å². The average Bonchev–Trinajstić information content (AvgIpc) is 2.97.